The summed E-state index contributed by atoms with van der Waals surface area (Å²) in [5.74, 6) is 0.573. The molecule has 0 unspecified atom stereocenters. The predicted molar refractivity (Wildman–Crippen MR) is 99.1 cm³/mol. The molecule has 2 amide bonds. The number of rotatable bonds is 6. The van der Waals surface area contributed by atoms with Crippen molar-refractivity contribution >= 4 is 6.03 Å². The van der Waals surface area contributed by atoms with Gasteiger partial charge in [-0.05, 0) is 49.3 Å². The van der Waals surface area contributed by atoms with Crippen LogP contribution in [0, 0.1) is 5.92 Å². The zero-order valence-corrected chi connectivity index (χ0v) is 15.2. The van der Waals surface area contributed by atoms with Crippen LogP contribution in [-0.4, -0.2) is 41.3 Å². The maximum absolute atomic E-state index is 12.2. The Kier molecular flexibility index (Phi) is 6.32. The van der Waals surface area contributed by atoms with Crippen LogP contribution < -0.4 is 10.6 Å². The Morgan fingerprint density at radius 1 is 1.20 bits per heavy atom. The van der Waals surface area contributed by atoms with E-state index >= 15 is 0 Å². The van der Waals surface area contributed by atoms with Crippen molar-refractivity contribution in [2.45, 2.75) is 64.2 Å². The Labute approximate surface area is 150 Å². The number of nitrogens with zero attached hydrogens (tertiary/aromatic N) is 1. The molecule has 1 aliphatic heterocycles. The highest BCUT2D eigenvalue weighted by atomic mass is 16.3. The molecule has 2 fully saturated rings. The van der Waals surface area contributed by atoms with E-state index in [4.69, 9.17) is 0 Å². The number of carbonyl (C=O) groups is 1. The summed E-state index contributed by atoms with van der Waals surface area (Å²) < 4.78 is 0. The molecule has 0 spiro atoms. The van der Waals surface area contributed by atoms with E-state index in [0.717, 1.165) is 37.9 Å². The van der Waals surface area contributed by atoms with Gasteiger partial charge in [-0.1, -0.05) is 37.6 Å². The maximum atomic E-state index is 12.2. The van der Waals surface area contributed by atoms with Gasteiger partial charge in [0.2, 0.25) is 0 Å². The number of aliphatic hydroxyl groups excluding tert-OH is 1. The quantitative estimate of drug-likeness (QED) is 0.743. The molecule has 3 rings (SSSR count). The minimum Gasteiger partial charge on any atom is -0.395 e. The molecule has 0 radical (unpaired) electrons. The van der Waals surface area contributed by atoms with Crippen LogP contribution in [0.25, 0.3) is 0 Å². The van der Waals surface area contributed by atoms with Gasteiger partial charge in [-0.15, -0.1) is 0 Å². The van der Waals surface area contributed by atoms with Crippen molar-refractivity contribution in [3.05, 3.63) is 35.4 Å². The molecule has 5 nitrogen and oxygen atoms in total. The Morgan fingerprint density at radius 3 is 2.72 bits per heavy atom. The molecule has 25 heavy (non-hydrogen) atoms. The molecule has 3 atom stereocenters. The third-order valence-corrected chi connectivity index (χ3v) is 5.82. The third kappa shape index (κ3) is 4.73. The van der Waals surface area contributed by atoms with Crippen molar-refractivity contribution in [1.82, 2.24) is 15.5 Å². The summed E-state index contributed by atoms with van der Waals surface area (Å²) in [5.41, 5.74) is 2.39. The Bertz CT molecular complexity index is 578. The van der Waals surface area contributed by atoms with E-state index in [9.17, 15) is 9.90 Å². The van der Waals surface area contributed by atoms with E-state index < -0.39 is 0 Å². The zero-order chi connectivity index (χ0) is 17.6. The van der Waals surface area contributed by atoms with Gasteiger partial charge in [-0.2, -0.15) is 0 Å². The molecule has 0 bridgehead atoms. The Balaban J connectivity index is 1.54. The van der Waals surface area contributed by atoms with Crippen molar-refractivity contribution in [2.75, 3.05) is 13.2 Å². The molecule has 1 aliphatic carbocycles. The molecule has 3 N–H and O–H groups in total. The fourth-order valence-electron chi connectivity index (χ4n) is 4.17. The lowest BCUT2D eigenvalue weighted by Gasteiger charge is -2.24. The average Bonchev–Trinajstić information content (AvgIpc) is 3.23. The van der Waals surface area contributed by atoms with Gasteiger partial charge in [0.1, 0.15) is 0 Å². The van der Waals surface area contributed by atoms with Crippen LogP contribution >= 0.6 is 0 Å². The van der Waals surface area contributed by atoms with Crippen LogP contribution in [0.15, 0.2) is 24.3 Å². The molecule has 1 saturated heterocycles. The normalized spacial score (nSPS) is 26.7. The zero-order valence-electron chi connectivity index (χ0n) is 15.2. The smallest absolute Gasteiger partial charge is 0.315 e. The Morgan fingerprint density at radius 2 is 2.00 bits per heavy atom. The molecule has 2 aliphatic rings. The van der Waals surface area contributed by atoms with E-state index in [0.29, 0.717) is 18.5 Å². The lowest BCUT2D eigenvalue weighted by molar-refractivity contribution is 0.153. The van der Waals surface area contributed by atoms with E-state index in [1.165, 1.54) is 18.4 Å². The molecule has 1 heterocycles. The summed E-state index contributed by atoms with van der Waals surface area (Å²) in [6.45, 7) is 4.85. The fraction of sp³-hybridized carbons (Fsp3) is 0.650. The minimum absolute atomic E-state index is 0.0667. The molecule has 1 aromatic carbocycles. The van der Waals surface area contributed by atoms with Crippen molar-refractivity contribution in [3.63, 3.8) is 0 Å². The standard InChI is InChI=1S/C20H31N3O2/c1-15-6-4-10-19(15)22-20(25)21-12-16-7-2-3-8-17(16)13-23-11-5-9-18(23)14-24/h2-3,7-8,15,18-19,24H,4-6,9-14H2,1H3,(H2,21,22,25)/t15-,18+,19-/m0/s1. The van der Waals surface area contributed by atoms with Crippen molar-refractivity contribution in [1.29, 1.82) is 0 Å². The van der Waals surface area contributed by atoms with Gasteiger partial charge in [0, 0.05) is 25.2 Å². The first-order valence-corrected chi connectivity index (χ1v) is 9.63. The number of hydrogen-bond donors (Lipinski definition) is 3. The van der Waals surface area contributed by atoms with Gasteiger partial charge in [-0.25, -0.2) is 4.79 Å². The van der Waals surface area contributed by atoms with Crippen LogP contribution in [0.2, 0.25) is 0 Å². The summed E-state index contributed by atoms with van der Waals surface area (Å²) >= 11 is 0. The van der Waals surface area contributed by atoms with Crippen LogP contribution in [0.3, 0.4) is 0 Å². The number of hydrogen-bond acceptors (Lipinski definition) is 3. The highest BCUT2D eigenvalue weighted by Crippen LogP contribution is 2.24. The van der Waals surface area contributed by atoms with Crippen molar-refractivity contribution in [2.24, 2.45) is 5.92 Å². The molecule has 5 heteroatoms. The highest BCUT2D eigenvalue weighted by molar-refractivity contribution is 5.74. The van der Waals surface area contributed by atoms with Gasteiger partial charge in [0.05, 0.1) is 6.61 Å². The van der Waals surface area contributed by atoms with Gasteiger partial charge < -0.3 is 15.7 Å². The first-order valence-electron chi connectivity index (χ1n) is 9.63. The summed E-state index contributed by atoms with van der Waals surface area (Å²) in [7, 11) is 0. The summed E-state index contributed by atoms with van der Waals surface area (Å²) in [6, 6.07) is 8.79. The highest BCUT2D eigenvalue weighted by Gasteiger charge is 2.25. The number of urea groups is 1. The second kappa shape index (κ2) is 8.68. The fourth-order valence-corrected chi connectivity index (χ4v) is 4.17. The largest absolute Gasteiger partial charge is 0.395 e. The summed E-state index contributed by atoms with van der Waals surface area (Å²) in [6.07, 6.45) is 5.71. The van der Waals surface area contributed by atoms with E-state index in [1.54, 1.807) is 0 Å². The van der Waals surface area contributed by atoms with Gasteiger partial charge in [-0.3, -0.25) is 4.90 Å². The predicted octanol–water partition coefficient (Wildman–Crippen LogP) is 2.63. The van der Waals surface area contributed by atoms with Crippen LogP contribution in [0.5, 0.6) is 0 Å². The van der Waals surface area contributed by atoms with E-state index in [1.807, 2.05) is 12.1 Å². The second-order valence-electron chi connectivity index (χ2n) is 7.56. The number of nitrogens with one attached hydrogen (secondary N) is 2. The van der Waals surface area contributed by atoms with Crippen LogP contribution in [-0.2, 0) is 13.1 Å². The van der Waals surface area contributed by atoms with Crippen molar-refractivity contribution in [3.8, 4) is 0 Å². The maximum Gasteiger partial charge on any atom is 0.315 e. The molecule has 1 aromatic rings. The topological polar surface area (TPSA) is 64.6 Å². The number of amides is 2. The average molecular weight is 345 g/mol. The summed E-state index contributed by atoms with van der Waals surface area (Å²) in [5, 5.41) is 15.6. The van der Waals surface area contributed by atoms with Gasteiger partial charge in [0.25, 0.3) is 0 Å². The van der Waals surface area contributed by atoms with E-state index in [-0.39, 0.29) is 18.7 Å². The van der Waals surface area contributed by atoms with E-state index in [2.05, 4.69) is 34.6 Å². The molecular formula is C20H31N3O2. The Hall–Kier alpha value is -1.59. The second-order valence-corrected chi connectivity index (χ2v) is 7.56. The first-order chi connectivity index (χ1) is 12.2. The first kappa shape index (κ1) is 18.2. The van der Waals surface area contributed by atoms with Crippen LogP contribution in [0.4, 0.5) is 4.79 Å². The number of benzene rings is 1. The van der Waals surface area contributed by atoms with Gasteiger partial charge >= 0.3 is 6.03 Å². The minimum atomic E-state index is -0.0667. The number of likely N-dealkylation sites (tertiary alicyclic amines) is 1. The lowest BCUT2D eigenvalue weighted by Crippen LogP contribution is -2.43. The van der Waals surface area contributed by atoms with Crippen molar-refractivity contribution < 1.29 is 9.90 Å². The summed E-state index contributed by atoms with van der Waals surface area (Å²) in [4.78, 5) is 14.6. The molecule has 0 aromatic heterocycles. The molecule has 138 valence electrons. The SMILES string of the molecule is C[C@H]1CCC[C@@H]1NC(=O)NCc1ccccc1CN1CCC[C@@H]1CO. The monoisotopic (exact) mass is 345 g/mol. The molecular weight excluding hydrogens is 314 g/mol. The number of carbonyl (C=O) groups excluding carboxylic acids is 1. The van der Waals surface area contributed by atoms with Gasteiger partial charge in [0.15, 0.2) is 0 Å². The molecule has 1 saturated carbocycles. The number of aliphatic hydroxyl groups is 1. The lowest BCUT2D eigenvalue weighted by atomic mass is 10.1. The van der Waals surface area contributed by atoms with Crippen LogP contribution in [0.1, 0.15) is 50.2 Å². The third-order valence-electron chi connectivity index (χ3n) is 5.82.